The van der Waals surface area contributed by atoms with Crippen LogP contribution >= 0.6 is 22.9 Å². The number of nitrogens with zero attached hydrogens (tertiary/aromatic N) is 1. The Kier molecular flexibility index (Phi) is 3.38. The molecule has 1 aliphatic rings. The van der Waals surface area contributed by atoms with E-state index in [9.17, 15) is 18.8 Å². The first-order chi connectivity index (χ1) is 11.9. The van der Waals surface area contributed by atoms with Gasteiger partial charge < -0.3 is 5.73 Å². The number of amides is 3. The van der Waals surface area contributed by atoms with Crippen LogP contribution in [0, 0.1) is 5.82 Å². The van der Waals surface area contributed by atoms with Gasteiger partial charge in [0.2, 0.25) is 0 Å². The van der Waals surface area contributed by atoms with E-state index in [0.717, 1.165) is 11.3 Å². The molecule has 0 spiro atoms. The van der Waals surface area contributed by atoms with Gasteiger partial charge >= 0.3 is 0 Å². The highest BCUT2D eigenvalue weighted by Gasteiger charge is 2.42. The molecule has 1 aliphatic heterocycles. The second-order valence-electron chi connectivity index (χ2n) is 5.41. The Morgan fingerprint density at radius 3 is 2.64 bits per heavy atom. The molecule has 1 aromatic heterocycles. The van der Waals surface area contributed by atoms with Gasteiger partial charge in [-0.05, 0) is 30.3 Å². The summed E-state index contributed by atoms with van der Waals surface area (Å²) in [5, 5.41) is 0.557. The zero-order valence-corrected chi connectivity index (χ0v) is 14.0. The average molecular weight is 375 g/mol. The fourth-order valence-corrected chi connectivity index (χ4v) is 4.24. The number of nitrogens with two attached hydrogens (primary N) is 1. The number of carbonyl (C=O) groups excluding carboxylic acids is 3. The van der Waals surface area contributed by atoms with E-state index >= 15 is 0 Å². The fourth-order valence-electron chi connectivity index (χ4n) is 2.77. The minimum Gasteiger partial charge on any atom is -0.398 e. The van der Waals surface area contributed by atoms with Gasteiger partial charge in [-0.2, -0.15) is 0 Å². The number of halogens is 2. The molecule has 5 nitrogen and oxygen atoms in total. The van der Waals surface area contributed by atoms with Gasteiger partial charge in [0.1, 0.15) is 10.7 Å². The Balaban J connectivity index is 1.83. The molecule has 3 aromatic rings. The zero-order valence-electron chi connectivity index (χ0n) is 12.4. The van der Waals surface area contributed by atoms with E-state index in [1.807, 2.05) is 0 Å². The number of nitrogen functional groups attached to an aromatic ring is 1. The minimum atomic E-state index is -0.850. The summed E-state index contributed by atoms with van der Waals surface area (Å²) in [4.78, 5) is 38.3. The van der Waals surface area contributed by atoms with Crippen LogP contribution in [0.25, 0.3) is 10.1 Å². The summed E-state index contributed by atoms with van der Waals surface area (Å²) in [7, 11) is 0. The van der Waals surface area contributed by atoms with Gasteiger partial charge in [-0.25, -0.2) is 9.29 Å². The summed E-state index contributed by atoms with van der Waals surface area (Å²) in [5.74, 6) is -2.87. The quantitative estimate of drug-likeness (QED) is 0.520. The Morgan fingerprint density at radius 1 is 1.16 bits per heavy atom. The molecule has 0 fully saturated rings. The molecule has 0 bridgehead atoms. The molecule has 4 rings (SSSR count). The third-order valence-electron chi connectivity index (χ3n) is 3.94. The lowest BCUT2D eigenvalue weighted by Gasteiger charge is -2.10. The molecule has 0 atom stereocenters. The first kappa shape index (κ1) is 15.7. The molecule has 2 heterocycles. The standard InChI is InChI=1S/C17H8ClFN2O3S/c18-13-8-5-4-7(19)6-11(8)25-14(13)17(24)21-15(22)9-2-1-3-10(20)12(9)16(21)23/h1-6H,20H2. The van der Waals surface area contributed by atoms with Crippen molar-refractivity contribution in [1.82, 2.24) is 4.90 Å². The van der Waals surface area contributed by atoms with E-state index in [2.05, 4.69) is 0 Å². The summed E-state index contributed by atoms with van der Waals surface area (Å²) < 4.78 is 13.8. The molecule has 0 saturated heterocycles. The molecule has 25 heavy (non-hydrogen) atoms. The molecule has 0 saturated carbocycles. The second-order valence-corrected chi connectivity index (χ2v) is 6.84. The van der Waals surface area contributed by atoms with Gasteiger partial charge in [-0.3, -0.25) is 14.4 Å². The van der Waals surface area contributed by atoms with Crippen LogP contribution in [-0.4, -0.2) is 22.6 Å². The largest absolute Gasteiger partial charge is 0.398 e. The van der Waals surface area contributed by atoms with Crippen LogP contribution in [0.2, 0.25) is 5.02 Å². The van der Waals surface area contributed by atoms with Gasteiger partial charge in [0.15, 0.2) is 0 Å². The molecule has 0 radical (unpaired) electrons. The number of imide groups is 3. The van der Waals surface area contributed by atoms with Crippen LogP contribution < -0.4 is 5.73 Å². The highest BCUT2D eigenvalue weighted by atomic mass is 35.5. The number of rotatable bonds is 1. The highest BCUT2D eigenvalue weighted by Crippen LogP contribution is 2.38. The first-order valence-electron chi connectivity index (χ1n) is 7.09. The maximum Gasteiger partial charge on any atom is 0.279 e. The number of carbonyl (C=O) groups is 3. The number of thiophene rings is 1. The third kappa shape index (κ3) is 2.16. The van der Waals surface area contributed by atoms with E-state index in [4.69, 9.17) is 17.3 Å². The van der Waals surface area contributed by atoms with Gasteiger partial charge in [0.25, 0.3) is 17.7 Å². The monoisotopic (exact) mass is 374 g/mol. The van der Waals surface area contributed by atoms with Gasteiger partial charge in [0, 0.05) is 15.8 Å². The predicted octanol–water partition coefficient (Wildman–Crippen LogP) is 3.71. The normalized spacial score (nSPS) is 13.6. The van der Waals surface area contributed by atoms with Crippen LogP contribution in [0.5, 0.6) is 0 Å². The summed E-state index contributed by atoms with van der Waals surface area (Å²) in [6.07, 6.45) is 0. The summed E-state index contributed by atoms with van der Waals surface area (Å²) >= 11 is 7.14. The van der Waals surface area contributed by atoms with Crippen LogP contribution in [-0.2, 0) is 0 Å². The van der Waals surface area contributed by atoms with Gasteiger partial charge in [-0.1, -0.05) is 17.7 Å². The third-order valence-corrected chi connectivity index (χ3v) is 5.58. The number of hydrogen-bond acceptors (Lipinski definition) is 5. The van der Waals surface area contributed by atoms with Crippen molar-refractivity contribution in [2.45, 2.75) is 0 Å². The van der Waals surface area contributed by atoms with Crippen molar-refractivity contribution in [3.05, 3.63) is 63.2 Å². The second kappa shape index (κ2) is 5.37. The Labute approximate surface area is 149 Å². The molecule has 0 unspecified atom stereocenters. The lowest BCUT2D eigenvalue weighted by atomic mass is 10.1. The topological polar surface area (TPSA) is 80.5 Å². The van der Waals surface area contributed by atoms with Gasteiger partial charge in [-0.15, -0.1) is 11.3 Å². The maximum atomic E-state index is 13.4. The van der Waals surface area contributed by atoms with Crippen molar-refractivity contribution < 1.29 is 18.8 Å². The molecule has 2 N–H and O–H groups in total. The van der Waals surface area contributed by atoms with Crippen molar-refractivity contribution >= 4 is 56.4 Å². The van der Waals surface area contributed by atoms with Crippen LogP contribution in [0.4, 0.5) is 10.1 Å². The van der Waals surface area contributed by atoms with E-state index in [0.29, 0.717) is 15.0 Å². The number of anilines is 1. The van der Waals surface area contributed by atoms with Crippen molar-refractivity contribution in [1.29, 1.82) is 0 Å². The van der Waals surface area contributed by atoms with Crippen molar-refractivity contribution in [2.24, 2.45) is 0 Å². The smallest absolute Gasteiger partial charge is 0.279 e. The Morgan fingerprint density at radius 2 is 1.92 bits per heavy atom. The molecule has 0 aliphatic carbocycles. The van der Waals surface area contributed by atoms with E-state index in [1.165, 1.54) is 36.4 Å². The molecule has 8 heteroatoms. The maximum absolute atomic E-state index is 13.4. The molecular weight excluding hydrogens is 367 g/mol. The molecular formula is C17H8ClFN2O3S. The fraction of sp³-hybridized carbons (Fsp3) is 0. The van der Waals surface area contributed by atoms with Crippen molar-refractivity contribution in [3.63, 3.8) is 0 Å². The molecule has 2 aromatic carbocycles. The minimum absolute atomic E-state index is 0.00382. The van der Waals surface area contributed by atoms with Crippen LogP contribution in [0.15, 0.2) is 36.4 Å². The summed E-state index contributed by atoms with van der Waals surface area (Å²) in [6.45, 7) is 0. The predicted molar refractivity (Wildman–Crippen MR) is 92.5 cm³/mol. The zero-order chi connectivity index (χ0) is 17.9. The lowest BCUT2D eigenvalue weighted by molar-refractivity contribution is 0.0569. The van der Waals surface area contributed by atoms with Crippen molar-refractivity contribution in [3.8, 4) is 0 Å². The molecule has 3 amide bonds. The lowest BCUT2D eigenvalue weighted by Crippen LogP contribution is -2.35. The van der Waals surface area contributed by atoms with Gasteiger partial charge in [0.05, 0.1) is 16.1 Å². The highest BCUT2D eigenvalue weighted by molar-refractivity contribution is 7.21. The molecule has 124 valence electrons. The van der Waals surface area contributed by atoms with Crippen LogP contribution in [0.1, 0.15) is 30.4 Å². The SMILES string of the molecule is Nc1cccc2c1C(=O)N(C(=O)c1sc3cc(F)ccc3c1Cl)C2=O. The van der Waals surface area contributed by atoms with Crippen molar-refractivity contribution in [2.75, 3.05) is 5.73 Å². The summed E-state index contributed by atoms with van der Waals surface area (Å²) in [5.41, 5.74) is 5.95. The average Bonchev–Trinajstić information content (AvgIpc) is 3.03. The Bertz CT molecular complexity index is 1110. The Hall–Kier alpha value is -2.77. The van der Waals surface area contributed by atoms with E-state index in [1.54, 1.807) is 0 Å². The van der Waals surface area contributed by atoms with Crippen LogP contribution in [0.3, 0.4) is 0 Å². The number of benzene rings is 2. The van der Waals surface area contributed by atoms with E-state index in [-0.39, 0.29) is 26.7 Å². The number of fused-ring (bicyclic) bond motifs is 2. The number of hydrogen-bond donors (Lipinski definition) is 1. The first-order valence-corrected chi connectivity index (χ1v) is 8.28. The summed E-state index contributed by atoms with van der Waals surface area (Å²) in [6, 6.07) is 8.35. The van der Waals surface area contributed by atoms with E-state index < -0.39 is 23.5 Å².